The van der Waals surface area contributed by atoms with Crippen LogP contribution in [0.4, 0.5) is 11.5 Å². The number of anilines is 2. The number of rotatable bonds is 5. The lowest BCUT2D eigenvalue weighted by molar-refractivity contribution is -0.138. The molecule has 4 rings (SSSR count). The first kappa shape index (κ1) is 21.3. The minimum atomic E-state index is 0.163. The average Bonchev–Trinajstić information content (AvgIpc) is 2.80. The van der Waals surface area contributed by atoms with Gasteiger partial charge >= 0.3 is 0 Å². The van der Waals surface area contributed by atoms with Crippen LogP contribution in [0.5, 0.6) is 0 Å². The molecule has 0 aliphatic carbocycles. The van der Waals surface area contributed by atoms with Crippen molar-refractivity contribution in [3.05, 3.63) is 12.5 Å². The van der Waals surface area contributed by atoms with Gasteiger partial charge in [-0.05, 0) is 32.9 Å². The summed E-state index contributed by atoms with van der Waals surface area (Å²) in [5, 5.41) is 0. The Morgan fingerprint density at radius 1 is 0.967 bits per heavy atom. The zero-order valence-electron chi connectivity index (χ0n) is 18.7. The molecule has 0 unspecified atom stereocenters. The molecule has 8 heteroatoms. The maximum absolute atomic E-state index is 13.1. The quantitative estimate of drug-likeness (QED) is 0.711. The molecule has 3 aliphatic heterocycles. The number of piperazine rings is 2. The highest BCUT2D eigenvalue weighted by Crippen LogP contribution is 2.31. The Morgan fingerprint density at radius 2 is 1.67 bits per heavy atom. The van der Waals surface area contributed by atoms with Gasteiger partial charge in [0.2, 0.25) is 5.91 Å². The first-order valence-electron chi connectivity index (χ1n) is 11.6. The molecule has 0 radical (unpaired) electrons. The van der Waals surface area contributed by atoms with Crippen LogP contribution in [0.3, 0.4) is 0 Å². The molecular weight excluding hydrogens is 378 g/mol. The lowest BCUT2D eigenvalue weighted by Crippen LogP contribution is -2.51. The van der Waals surface area contributed by atoms with Crippen molar-refractivity contribution in [3.8, 4) is 0 Å². The van der Waals surface area contributed by atoms with E-state index in [1.165, 1.54) is 6.42 Å². The zero-order chi connectivity index (χ0) is 20.9. The second-order valence-corrected chi connectivity index (χ2v) is 8.95. The maximum atomic E-state index is 13.1. The van der Waals surface area contributed by atoms with Crippen LogP contribution < -0.4 is 9.80 Å². The Hall–Kier alpha value is -1.93. The number of piperidine rings is 1. The highest BCUT2D eigenvalue weighted by Gasteiger charge is 2.31. The molecule has 1 aromatic heterocycles. The van der Waals surface area contributed by atoms with Gasteiger partial charge in [0, 0.05) is 71.4 Å². The number of carbonyl (C=O) groups is 1. The summed E-state index contributed by atoms with van der Waals surface area (Å²) in [6.07, 6.45) is 6.64. The minimum absolute atomic E-state index is 0.163. The molecule has 0 bridgehead atoms. The van der Waals surface area contributed by atoms with Gasteiger partial charge in [0.25, 0.3) is 0 Å². The highest BCUT2D eigenvalue weighted by molar-refractivity contribution is 5.79. The van der Waals surface area contributed by atoms with E-state index in [9.17, 15) is 4.79 Å². The van der Waals surface area contributed by atoms with Crippen LogP contribution in [0.1, 0.15) is 26.2 Å². The number of aromatic nitrogens is 2. The van der Waals surface area contributed by atoms with Crippen molar-refractivity contribution in [3.63, 3.8) is 0 Å². The van der Waals surface area contributed by atoms with Crippen molar-refractivity contribution in [2.75, 3.05) is 88.8 Å². The summed E-state index contributed by atoms with van der Waals surface area (Å²) in [4.78, 5) is 33.7. The van der Waals surface area contributed by atoms with Gasteiger partial charge < -0.3 is 19.6 Å². The topological polar surface area (TPSA) is 59.1 Å². The molecule has 0 aromatic carbocycles. The van der Waals surface area contributed by atoms with Gasteiger partial charge in [-0.1, -0.05) is 6.92 Å². The van der Waals surface area contributed by atoms with E-state index in [-0.39, 0.29) is 5.92 Å². The van der Waals surface area contributed by atoms with Gasteiger partial charge in [-0.25, -0.2) is 9.97 Å². The average molecular weight is 416 g/mol. The molecule has 0 atom stereocenters. The molecule has 1 aromatic rings. The molecule has 3 saturated heterocycles. The van der Waals surface area contributed by atoms with Crippen molar-refractivity contribution in [1.82, 2.24) is 24.7 Å². The Kier molecular flexibility index (Phi) is 7.04. The molecule has 8 nitrogen and oxygen atoms in total. The Balaban J connectivity index is 1.32. The molecular formula is C22H37N7O. The van der Waals surface area contributed by atoms with E-state index in [1.807, 2.05) is 6.20 Å². The Bertz CT molecular complexity index is 690. The van der Waals surface area contributed by atoms with Crippen LogP contribution in [0.25, 0.3) is 0 Å². The fourth-order valence-corrected chi connectivity index (χ4v) is 4.93. The van der Waals surface area contributed by atoms with Gasteiger partial charge in [0.05, 0.1) is 11.9 Å². The predicted octanol–water partition coefficient (Wildman–Crippen LogP) is 0.999. The fraction of sp³-hybridized carbons (Fsp3) is 0.773. The standard InChI is InChI=1S/C22H37N7O/c1-3-6-26-11-15-29(16-12-26)22(30)19-4-7-27(8-5-19)20-17-23-18-24-21(20)28-13-9-25(2)10-14-28/h17-19H,3-16H2,1-2H3. The number of hydrogen-bond donors (Lipinski definition) is 0. The van der Waals surface area contributed by atoms with E-state index in [4.69, 9.17) is 0 Å². The first-order valence-corrected chi connectivity index (χ1v) is 11.6. The molecule has 4 heterocycles. The van der Waals surface area contributed by atoms with Crippen LogP contribution in [0.15, 0.2) is 12.5 Å². The summed E-state index contributed by atoms with van der Waals surface area (Å²) in [5.41, 5.74) is 1.13. The zero-order valence-corrected chi connectivity index (χ0v) is 18.7. The third-order valence-corrected chi connectivity index (χ3v) is 6.88. The largest absolute Gasteiger partial charge is 0.367 e. The fourth-order valence-electron chi connectivity index (χ4n) is 4.93. The number of amides is 1. The lowest BCUT2D eigenvalue weighted by atomic mass is 9.94. The molecule has 0 saturated carbocycles. The molecule has 3 fully saturated rings. The summed E-state index contributed by atoms with van der Waals surface area (Å²) in [7, 11) is 2.17. The Morgan fingerprint density at radius 3 is 2.33 bits per heavy atom. The summed E-state index contributed by atoms with van der Waals surface area (Å²) >= 11 is 0. The smallest absolute Gasteiger partial charge is 0.225 e. The van der Waals surface area contributed by atoms with Crippen molar-refractivity contribution < 1.29 is 4.79 Å². The van der Waals surface area contributed by atoms with Gasteiger partial charge in [-0.2, -0.15) is 0 Å². The van der Waals surface area contributed by atoms with E-state index in [2.05, 4.69) is 48.4 Å². The summed E-state index contributed by atoms with van der Waals surface area (Å²) in [6, 6.07) is 0. The van der Waals surface area contributed by atoms with Crippen LogP contribution in [-0.2, 0) is 4.79 Å². The minimum Gasteiger partial charge on any atom is -0.367 e. The molecule has 0 spiro atoms. The van der Waals surface area contributed by atoms with E-state index < -0.39 is 0 Å². The molecule has 30 heavy (non-hydrogen) atoms. The molecule has 1 amide bonds. The number of nitrogens with zero attached hydrogens (tertiary/aromatic N) is 7. The molecule has 0 N–H and O–H groups in total. The van der Waals surface area contributed by atoms with Gasteiger partial charge in [0.15, 0.2) is 5.82 Å². The van der Waals surface area contributed by atoms with E-state index in [0.717, 1.165) is 96.3 Å². The first-order chi connectivity index (χ1) is 14.7. The SMILES string of the molecule is CCCN1CCN(C(=O)C2CCN(c3cncnc3N3CCN(C)CC3)CC2)CC1. The van der Waals surface area contributed by atoms with Crippen molar-refractivity contribution >= 4 is 17.4 Å². The summed E-state index contributed by atoms with van der Waals surface area (Å²) in [5.74, 6) is 1.58. The van der Waals surface area contributed by atoms with Crippen LogP contribution in [0, 0.1) is 5.92 Å². The maximum Gasteiger partial charge on any atom is 0.225 e. The summed E-state index contributed by atoms with van der Waals surface area (Å²) < 4.78 is 0. The van der Waals surface area contributed by atoms with Gasteiger partial charge in [0.1, 0.15) is 6.33 Å². The number of carbonyl (C=O) groups excluding carboxylic acids is 1. The lowest BCUT2D eigenvalue weighted by Gasteiger charge is -2.40. The van der Waals surface area contributed by atoms with E-state index in [1.54, 1.807) is 6.33 Å². The second-order valence-electron chi connectivity index (χ2n) is 8.95. The highest BCUT2D eigenvalue weighted by atomic mass is 16.2. The second kappa shape index (κ2) is 9.92. The van der Waals surface area contributed by atoms with Gasteiger partial charge in [-0.15, -0.1) is 0 Å². The Labute approximate surface area is 180 Å². The monoisotopic (exact) mass is 415 g/mol. The third-order valence-electron chi connectivity index (χ3n) is 6.88. The van der Waals surface area contributed by atoms with Crippen LogP contribution in [-0.4, -0.2) is 110 Å². The van der Waals surface area contributed by atoms with E-state index >= 15 is 0 Å². The van der Waals surface area contributed by atoms with Crippen LogP contribution in [0.2, 0.25) is 0 Å². The summed E-state index contributed by atoms with van der Waals surface area (Å²) in [6.45, 7) is 13.1. The van der Waals surface area contributed by atoms with Gasteiger partial charge in [-0.3, -0.25) is 9.69 Å². The molecule has 3 aliphatic rings. The third kappa shape index (κ3) is 4.86. The van der Waals surface area contributed by atoms with E-state index in [0.29, 0.717) is 5.91 Å². The number of hydrogen-bond acceptors (Lipinski definition) is 7. The van der Waals surface area contributed by atoms with Crippen LogP contribution >= 0.6 is 0 Å². The number of likely N-dealkylation sites (N-methyl/N-ethyl adjacent to an activating group) is 1. The molecule has 166 valence electrons. The van der Waals surface area contributed by atoms with Crippen molar-refractivity contribution in [1.29, 1.82) is 0 Å². The predicted molar refractivity (Wildman–Crippen MR) is 120 cm³/mol. The van der Waals surface area contributed by atoms with Crippen molar-refractivity contribution in [2.24, 2.45) is 5.92 Å². The van der Waals surface area contributed by atoms with Crippen molar-refractivity contribution in [2.45, 2.75) is 26.2 Å². The normalized spacial score (nSPS) is 22.5.